The van der Waals surface area contributed by atoms with E-state index in [0.717, 1.165) is 31.7 Å². The summed E-state index contributed by atoms with van der Waals surface area (Å²) in [6.07, 6.45) is 6.28. The zero-order chi connectivity index (χ0) is 23.0. The molecule has 1 atom stereocenters. The van der Waals surface area contributed by atoms with Gasteiger partial charge in [0.15, 0.2) is 5.82 Å². The fraction of sp³-hybridized carbons (Fsp3) is 0.440. The predicted molar refractivity (Wildman–Crippen MR) is 126 cm³/mol. The Morgan fingerprint density at radius 2 is 1.88 bits per heavy atom. The van der Waals surface area contributed by atoms with Crippen molar-refractivity contribution in [1.29, 1.82) is 0 Å². The number of carbonyl (C=O) groups excluding carboxylic acids is 3. The first-order valence-electron chi connectivity index (χ1n) is 11.7. The Bertz CT molecular complexity index is 1100. The first kappa shape index (κ1) is 21.4. The second-order valence-corrected chi connectivity index (χ2v) is 9.14. The van der Waals surface area contributed by atoms with Crippen LogP contribution in [0.25, 0.3) is 0 Å². The van der Waals surface area contributed by atoms with Gasteiger partial charge in [0.05, 0.1) is 16.9 Å². The topological polar surface area (TPSA) is 85.8 Å². The van der Waals surface area contributed by atoms with Gasteiger partial charge in [-0.3, -0.25) is 19.3 Å². The summed E-state index contributed by atoms with van der Waals surface area (Å²) < 4.78 is 0. The molecule has 0 bridgehead atoms. The number of fused-ring (bicyclic) bond motifs is 3. The van der Waals surface area contributed by atoms with Crippen LogP contribution in [0.4, 0.5) is 17.2 Å². The molecule has 3 aliphatic rings. The maximum Gasteiger partial charge on any atom is 0.257 e. The molecule has 172 valence electrons. The van der Waals surface area contributed by atoms with Crippen molar-refractivity contribution in [3.63, 3.8) is 0 Å². The summed E-state index contributed by atoms with van der Waals surface area (Å²) in [5.74, 6) is 0.496. The number of pyridine rings is 1. The maximum absolute atomic E-state index is 13.3. The average Bonchev–Trinajstić information content (AvgIpc) is 3.15. The van der Waals surface area contributed by atoms with E-state index < -0.39 is 5.66 Å². The Labute approximate surface area is 193 Å². The maximum atomic E-state index is 13.3. The molecule has 2 saturated heterocycles. The Hall–Kier alpha value is -3.42. The van der Waals surface area contributed by atoms with Crippen molar-refractivity contribution in [2.75, 3.05) is 34.8 Å². The second-order valence-electron chi connectivity index (χ2n) is 9.14. The number of hydrogen-bond donors (Lipinski definition) is 1. The Morgan fingerprint density at radius 3 is 2.70 bits per heavy atom. The molecule has 2 aromatic rings. The summed E-state index contributed by atoms with van der Waals surface area (Å²) >= 11 is 0. The number of nitrogens with zero attached hydrogens (tertiary/aromatic N) is 4. The molecule has 0 aliphatic carbocycles. The van der Waals surface area contributed by atoms with Gasteiger partial charge in [-0.15, -0.1) is 0 Å². The molecule has 5 rings (SSSR count). The van der Waals surface area contributed by atoms with Crippen molar-refractivity contribution >= 4 is 34.9 Å². The lowest BCUT2D eigenvalue weighted by Crippen LogP contribution is -2.62. The molecule has 1 aromatic heterocycles. The lowest BCUT2D eigenvalue weighted by molar-refractivity contribution is -0.117. The van der Waals surface area contributed by atoms with Gasteiger partial charge in [-0.25, -0.2) is 4.98 Å². The van der Waals surface area contributed by atoms with Crippen LogP contribution in [0.15, 0.2) is 42.6 Å². The minimum atomic E-state index is -0.754. The number of nitrogens with one attached hydrogen (secondary N) is 1. The number of anilines is 3. The van der Waals surface area contributed by atoms with Crippen LogP contribution in [0.2, 0.25) is 0 Å². The van der Waals surface area contributed by atoms with E-state index in [2.05, 4.69) is 15.2 Å². The highest BCUT2D eigenvalue weighted by molar-refractivity contribution is 6.10. The molecule has 3 aliphatic heterocycles. The summed E-state index contributed by atoms with van der Waals surface area (Å²) in [7, 11) is 0. The van der Waals surface area contributed by atoms with Gasteiger partial charge in [0, 0.05) is 38.7 Å². The van der Waals surface area contributed by atoms with Crippen molar-refractivity contribution in [3.05, 3.63) is 48.2 Å². The van der Waals surface area contributed by atoms with Gasteiger partial charge in [0.25, 0.3) is 5.91 Å². The minimum Gasteiger partial charge on any atom is -0.355 e. The highest BCUT2D eigenvalue weighted by Crippen LogP contribution is 2.44. The summed E-state index contributed by atoms with van der Waals surface area (Å²) in [5, 5.41) is 3.00. The van der Waals surface area contributed by atoms with Crippen LogP contribution in [-0.4, -0.2) is 52.9 Å². The third kappa shape index (κ3) is 3.73. The molecular weight excluding hydrogens is 418 g/mol. The summed E-state index contributed by atoms with van der Waals surface area (Å²) in [5.41, 5.74) is 1.11. The molecule has 1 unspecified atom stereocenters. The van der Waals surface area contributed by atoms with Crippen LogP contribution < -0.4 is 15.1 Å². The van der Waals surface area contributed by atoms with Crippen molar-refractivity contribution in [2.45, 2.75) is 51.1 Å². The number of aromatic nitrogens is 1. The van der Waals surface area contributed by atoms with Gasteiger partial charge in [-0.1, -0.05) is 12.1 Å². The summed E-state index contributed by atoms with van der Waals surface area (Å²) in [6, 6.07) is 10.9. The monoisotopic (exact) mass is 447 g/mol. The highest BCUT2D eigenvalue weighted by Gasteiger charge is 2.52. The smallest absolute Gasteiger partial charge is 0.257 e. The number of benzene rings is 1. The standard InChI is InChI=1S/C25H29N5O3/c1-25-13-11-22(32)30(25)20-10-4-3-8-18(20)24(33)29(25)17-12-21(31)27-19-9-7-14-26-23(19)28-15-5-2-6-16-28/h3-4,7-10,14H,2,5-6,11-13,15-17H2,1H3,(H,27,31). The Kier molecular flexibility index (Phi) is 5.52. The fourth-order valence-corrected chi connectivity index (χ4v) is 5.32. The number of amides is 3. The number of carbonyl (C=O) groups is 3. The molecule has 0 radical (unpaired) electrons. The normalized spacial score (nSPS) is 22.3. The van der Waals surface area contributed by atoms with Crippen LogP contribution >= 0.6 is 0 Å². The lowest BCUT2D eigenvalue weighted by atomic mass is 9.98. The lowest BCUT2D eigenvalue weighted by Gasteiger charge is -2.48. The van der Waals surface area contributed by atoms with Crippen LogP contribution in [0.1, 0.15) is 55.8 Å². The first-order chi connectivity index (χ1) is 16.0. The van der Waals surface area contributed by atoms with E-state index in [4.69, 9.17) is 0 Å². The molecule has 0 spiro atoms. The van der Waals surface area contributed by atoms with Crippen LogP contribution in [0.3, 0.4) is 0 Å². The number of para-hydroxylation sites is 1. The molecule has 0 saturated carbocycles. The van der Waals surface area contributed by atoms with E-state index >= 15 is 0 Å². The van der Waals surface area contributed by atoms with Gasteiger partial charge < -0.3 is 15.1 Å². The molecule has 4 heterocycles. The number of hydrogen-bond acceptors (Lipinski definition) is 5. The van der Waals surface area contributed by atoms with Gasteiger partial charge in [-0.05, 0) is 56.9 Å². The molecule has 33 heavy (non-hydrogen) atoms. The van der Waals surface area contributed by atoms with Crippen molar-refractivity contribution in [2.24, 2.45) is 0 Å². The van der Waals surface area contributed by atoms with Crippen LogP contribution in [0, 0.1) is 0 Å². The Balaban J connectivity index is 1.32. The van der Waals surface area contributed by atoms with Gasteiger partial charge in [-0.2, -0.15) is 0 Å². The molecule has 8 nitrogen and oxygen atoms in total. The van der Waals surface area contributed by atoms with Crippen LogP contribution in [0.5, 0.6) is 0 Å². The van der Waals surface area contributed by atoms with E-state index in [1.54, 1.807) is 28.1 Å². The molecule has 3 amide bonds. The van der Waals surface area contributed by atoms with E-state index in [9.17, 15) is 14.4 Å². The quantitative estimate of drug-likeness (QED) is 0.759. The zero-order valence-electron chi connectivity index (χ0n) is 18.9. The van der Waals surface area contributed by atoms with Gasteiger partial charge in [0.1, 0.15) is 5.66 Å². The minimum absolute atomic E-state index is 0.00781. The van der Waals surface area contributed by atoms with E-state index in [1.807, 2.05) is 31.2 Å². The van der Waals surface area contributed by atoms with Gasteiger partial charge in [0.2, 0.25) is 11.8 Å². The second kappa shape index (κ2) is 8.50. The summed E-state index contributed by atoms with van der Waals surface area (Å²) in [6.45, 7) is 4.02. The van der Waals surface area contributed by atoms with E-state index in [-0.39, 0.29) is 30.7 Å². The molecular formula is C25H29N5O3. The first-order valence-corrected chi connectivity index (χ1v) is 11.7. The Morgan fingerprint density at radius 1 is 1.09 bits per heavy atom. The van der Waals surface area contributed by atoms with Crippen molar-refractivity contribution < 1.29 is 14.4 Å². The van der Waals surface area contributed by atoms with E-state index in [1.165, 1.54) is 6.42 Å². The van der Waals surface area contributed by atoms with Crippen molar-refractivity contribution in [3.8, 4) is 0 Å². The third-order valence-electron chi connectivity index (χ3n) is 7.02. The third-order valence-corrected chi connectivity index (χ3v) is 7.02. The summed E-state index contributed by atoms with van der Waals surface area (Å²) in [4.78, 5) is 49.1. The fourth-order valence-electron chi connectivity index (χ4n) is 5.32. The largest absolute Gasteiger partial charge is 0.355 e. The highest BCUT2D eigenvalue weighted by atomic mass is 16.2. The van der Waals surface area contributed by atoms with Crippen molar-refractivity contribution in [1.82, 2.24) is 9.88 Å². The molecule has 1 aromatic carbocycles. The molecule has 2 fully saturated rings. The zero-order valence-corrected chi connectivity index (χ0v) is 18.9. The number of rotatable bonds is 5. The molecule has 8 heteroatoms. The number of piperidine rings is 1. The SMILES string of the molecule is CC12CCC(=O)N1c1ccccc1C(=O)N2CCC(=O)Nc1cccnc1N1CCCCC1. The van der Waals surface area contributed by atoms with Gasteiger partial charge >= 0.3 is 0 Å². The van der Waals surface area contributed by atoms with Crippen LogP contribution in [-0.2, 0) is 9.59 Å². The average molecular weight is 448 g/mol. The molecule has 1 N–H and O–H groups in total. The predicted octanol–water partition coefficient (Wildman–Crippen LogP) is 3.40. The van der Waals surface area contributed by atoms with E-state index in [0.29, 0.717) is 29.8 Å².